The van der Waals surface area contributed by atoms with Crippen LogP contribution >= 0.6 is 11.6 Å². The van der Waals surface area contributed by atoms with E-state index < -0.39 is 0 Å². The molecule has 33 heavy (non-hydrogen) atoms. The Bertz CT molecular complexity index is 1110. The molecule has 0 atom stereocenters. The van der Waals surface area contributed by atoms with Crippen LogP contribution in [0.15, 0.2) is 43.2 Å². The van der Waals surface area contributed by atoms with Gasteiger partial charge in [0.15, 0.2) is 5.82 Å². The first-order valence-corrected chi connectivity index (χ1v) is 11.7. The van der Waals surface area contributed by atoms with Gasteiger partial charge in [0.2, 0.25) is 5.91 Å². The van der Waals surface area contributed by atoms with Gasteiger partial charge in [-0.2, -0.15) is 5.10 Å². The molecular weight excluding hydrogens is 440 g/mol. The predicted octanol–water partition coefficient (Wildman–Crippen LogP) is 2.58. The van der Waals surface area contributed by atoms with Crippen molar-refractivity contribution in [3.05, 3.63) is 53.8 Å². The molecule has 0 radical (unpaired) electrons. The average Bonchev–Trinajstić information content (AvgIpc) is 3.41. The number of benzene rings is 1. The standard InChI is InChI=1S/C23H27ClN8O/c1-17-2-3-19(24)12-20(17)29-8-10-31(11-9-29)23(33)18-4-6-30(7-5-18)21-13-22(27-15-26-21)32-16-25-14-28-32/h2-3,12-16,18H,4-11H2,1H3. The van der Waals surface area contributed by atoms with Crippen LogP contribution < -0.4 is 9.80 Å². The molecule has 0 N–H and O–H groups in total. The number of piperidine rings is 1. The van der Waals surface area contributed by atoms with Crippen molar-refractivity contribution in [2.24, 2.45) is 5.92 Å². The molecule has 172 valence electrons. The first kappa shape index (κ1) is 21.6. The van der Waals surface area contributed by atoms with Gasteiger partial charge in [0.1, 0.15) is 24.8 Å². The smallest absolute Gasteiger partial charge is 0.225 e. The predicted molar refractivity (Wildman–Crippen MR) is 127 cm³/mol. The Morgan fingerprint density at radius 1 is 0.939 bits per heavy atom. The van der Waals surface area contributed by atoms with Crippen molar-refractivity contribution < 1.29 is 4.79 Å². The number of halogens is 1. The van der Waals surface area contributed by atoms with Crippen molar-refractivity contribution >= 4 is 29.0 Å². The number of carbonyl (C=O) groups excluding carboxylic acids is 1. The fraction of sp³-hybridized carbons (Fsp3) is 0.435. The number of hydrogen-bond acceptors (Lipinski definition) is 7. The second-order valence-corrected chi connectivity index (χ2v) is 9.02. The second kappa shape index (κ2) is 9.35. The molecule has 0 saturated carbocycles. The summed E-state index contributed by atoms with van der Waals surface area (Å²) in [5.41, 5.74) is 2.38. The SMILES string of the molecule is Cc1ccc(Cl)cc1N1CCN(C(=O)C2CCN(c3cc(-n4cncn4)ncn3)CC2)CC1. The van der Waals surface area contributed by atoms with Crippen LogP contribution in [0, 0.1) is 12.8 Å². The van der Waals surface area contributed by atoms with Crippen LogP contribution in [0.4, 0.5) is 11.5 Å². The monoisotopic (exact) mass is 466 g/mol. The number of rotatable bonds is 4. The Morgan fingerprint density at radius 3 is 2.42 bits per heavy atom. The van der Waals surface area contributed by atoms with Gasteiger partial charge >= 0.3 is 0 Å². The van der Waals surface area contributed by atoms with Gasteiger partial charge in [-0.15, -0.1) is 0 Å². The summed E-state index contributed by atoms with van der Waals surface area (Å²) in [6.07, 6.45) is 6.30. The maximum absolute atomic E-state index is 13.2. The van der Waals surface area contributed by atoms with Crippen LogP contribution in [0.5, 0.6) is 0 Å². The molecule has 0 bridgehead atoms. The minimum absolute atomic E-state index is 0.0670. The van der Waals surface area contributed by atoms with Crippen LogP contribution in [0.2, 0.25) is 5.02 Å². The molecule has 0 aliphatic carbocycles. The number of nitrogens with zero attached hydrogens (tertiary/aromatic N) is 8. The van der Waals surface area contributed by atoms with Crippen molar-refractivity contribution in [2.45, 2.75) is 19.8 Å². The number of amides is 1. The lowest BCUT2D eigenvalue weighted by Crippen LogP contribution is -2.52. The zero-order valence-corrected chi connectivity index (χ0v) is 19.4. The largest absolute Gasteiger partial charge is 0.368 e. The van der Waals surface area contributed by atoms with Gasteiger partial charge in [-0.1, -0.05) is 17.7 Å². The Kier molecular flexibility index (Phi) is 6.13. The first-order valence-electron chi connectivity index (χ1n) is 11.3. The van der Waals surface area contributed by atoms with Crippen molar-refractivity contribution in [1.82, 2.24) is 29.6 Å². The highest BCUT2D eigenvalue weighted by molar-refractivity contribution is 6.30. The summed E-state index contributed by atoms with van der Waals surface area (Å²) in [6, 6.07) is 7.90. The quantitative estimate of drug-likeness (QED) is 0.584. The van der Waals surface area contributed by atoms with E-state index in [4.69, 9.17) is 11.6 Å². The minimum Gasteiger partial charge on any atom is -0.368 e. The third kappa shape index (κ3) is 4.64. The van der Waals surface area contributed by atoms with E-state index in [-0.39, 0.29) is 11.8 Å². The summed E-state index contributed by atoms with van der Waals surface area (Å²) in [6.45, 7) is 6.85. The molecule has 9 nitrogen and oxygen atoms in total. The van der Waals surface area contributed by atoms with Crippen LogP contribution in [-0.2, 0) is 4.79 Å². The van der Waals surface area contributed by atoms with E-state index in [1.807, 2.05) is 23.1 Å². The Morgan fingerprint density at radius 2 is 1.70 bits per heavy atom. The molecule has 0 unspecified atom stereocenters. The van der Waals surface area contributed by atoms with E-state index >= 15 is 0 Å². The average molecular weight is 467 g/mol. The second-order valence-electron chi connectivity index (χ2n) is 8.58. The molecule has 2 saturated heterocycles. The van der Waals surface area contributed by atoms with Crippen LogP contribution in [-0.4, -0.2) is 74.8 Å². The van der Waals surface area contributed by atoms with Gasteiger partial charge in [-0.25, -0.2) is 19.6 Å². The van der Waals surface area contributed by atoms with Gasteiger partial charge in [0.05, 0.1) is 0 Å². The van der Waals surface area contributed by atoms with E-state index in [0.717, 1.165) is 68.6 Å². The highest BCUT2D eigenvalue weighted by Gasteiger charge is 2.31. The number of hydrogen-bond donors (Lipinski definition) is 0. The van der Waals surface area contributed by atoms with Crippen LogP contribution in [0.25, 0.3) is 5.82 Å². The van der Waals surface area contributed by atoms with Gasteiger partial charge < -0.3 is 14.7 Å². The molecule has 5 rings (SSSR count). The maximum Gasteiger partial charge on any atom is 0.225 e. The third-order valence-electron chi connectivity index (χ3n) is 6.56. The molecule has 4 heterocycles. The van der Waals surface area contributed by atoms with Crippen LogP contribution in [0.3, 0.4) is 0 Å². The number of anilines is 2. The molecule has 2 aromatic heterocycles. The van der Waals surface area contributed by atoms with E-state index in [9.17, 15) is 4.79 Å². The van der Waals surface area contributed by atoms with Gasteiger partial charge in [-0.3, -0.25) is 4.79 Å². The highest BCUT2D eigenvalue weighted by atomic mass is 35.5. The van der Waals surface area contributed by atoms with Crippen molar-refractivity contribution in [1.29, 1.82) is 0 Å². The highest BCUT2D eigenvalue weighted by Crippen LogP contribution is 2.27. The zero-order valence-electron chi connectivity index (χ0n) is 18.6. The topological polar surface area (TPSA) is 83.3 Å². The van der Waals surface area contributed by atoms with E-state index in [0.29, 0.717) is 5.82 Å². The van der Waals surface area contributed by atoms with Crippen molar-refractivity contribution in [3.8, 4) is 5.82 Å². The molecule has 0 spiro atoms. The number of aromatic nitrogens is 5. The summed E-state index contributed by atoms with van der Waals surface area (Å²) >= 11 is 6.20. The summed E-state index contributed by atoms with van der Waals surface area (Å²) in [4.78, 5) is 32.4. The molecule has 1 aromatic carbocycles. The summed E-state index contributed by atoms with van der Waals surface area (Å²) in [5.74, 6) is 1.89. The number of carbonyl (C=O) groups is 1. The molecular formula is C23H27ClN8O. The zero-order chi connectivity index (χ0) is 22.8. The minimum atomic E-state index is 0.0670. The molecule has 2 aliphatic rings. The molecule has 3 aromatic rings. The van der Waals surface area contributed by atoms with Gasteiger partial charge in [0, 0.05) is 62.0 Å². The first-order chi connectivity index (χ1) is 16.1. The third-order valence-corrected chi connectivity index (χ3v) is 6.80. The number of piperazine rings is 1. The Labute approximate surface area is 198 Å². The summed E-state index contributed by atoms with van der Waals surface area (Å²) < 4.78 is 1.62. The molecule has 1 amide bonds. The van der Waals surface area contributed by atoms with Gasteiger partial charge in [0.25, 0.3) is 0 Å². The van der Waals surface area contributed by atoms with Crippen molar-refractivity contribution in [3.63, 3.8) is 0 Å². The van der Waals surface area contributed by atoms with E-state index in [1.165, 1.54) is 11.9 Å². The van der Waals surface area contributed by atoms with Crippen LogP contribution in [0.1, 0.15) is 18.4 Å². The fourth-order valence-corrected chi connectivity index (χ4v) is 4.83. The molecule has 2 fully saturated rings. The fourth-order valence-electron chi connectivity index (χ4n) is 4.67. The normalized spacial score (nSPS) is 17.5. The van der Waals surface area contributed by atoms with E-state index in [1.54, 1.807) is 17.3 Å². The summed E-state index contributed by atoms with van der Waals surface area (Å²) in [5, 5.41) is 4.88. The molecule has 10 heteroatoms. The molecule has 2 aliphatic heterocycles. The summed E-state index contributed by atoms with van der Waals surface area (Å²) in [7, 11) is 0. The Hall–Kier alpha value is -3.20. The lowest BCUT2D eigenvalue weighted by Gasteiger charge is -2.40. The number of aryl methyl sites for hydroxylation is 1. The lowest BCUT2D eigenvalue weighted by molar-refractivity contribution is -0.136. The lowest BCUT2D eigenvalue weighted by atomic mass is 9.95. The Balaban J connectivity index is 1.16. The van der Waals surface area contributed by atoms with E-state index in [2.05, 4.69) is 42.8 Å². The maximum atomic E-state index is 13.2. The van der Waals surface area contributed by atoms with Crippen molar-refractivity contribution in [2.75, 3.05) is 49.1 Å². The van der Waals surface area contributed by atoms with Gasteiger partial charge in [-0.05, 0) is 37.5 Å².